The van der Waals surface area contributed by atoms with E-state index in [0.717, 1.165) is 6.07 Å². The van der Waals surface area contributed by atoms with E-state index < -0.39 is 11.6 Å². The molecule has 1 unspecified atom stereocenters. The summed E-state index contributed by atoms with van der Waals surface area (Å²) in [6, 6.07) is 3.96. The molecule has 102 valence electrons. The summed E-state index contributed by atoms with van der Waals surface area (Å²) in [5.74, 6) is -1.60. The molecule has 0 spiro atoms. The molecule has 1 N–H and O–H groups in total. The summed E-state index contributed by atoms with van der Waals surface area (Å²) in [5, 5.41) is 3.16. The maximum Gasteiger partial charge on any atom is 0.163 e. The maximum atomic E-state index is 13.6. The Bertz CT molecular complexity index is 393. The average Bonchev–Trinajstić information content (AvgIpc) is 2.30. The van der Waals surface area contributed by atoms with Gasteiger partial charge < -0.3 is 10.1 Å². The predicted octanol–water partition coefficient (Wildman–Crippen LogP) is 3.43. The molecule has 1 aromatic rings. The zero-order valence-electron chi connectivity index (χ0n) is 11.4. The molecule has 1 atom stereocenters. The number of nitrogens with one attached hydrogen (secondary N) is 1. The number of hydrogen-bond donors (Lipinski definition) is 1. The first-order valence-electron chi connectivity index (χ1n) is 6.18. The third-order valence-electron chi connectivity index (χ3n) is 2.82. The van der Waals surface area contributed by atoms with Crippen LogP contribution in [0, 0.1) is 11.6 Å². The lowest BCUT2D eigenvalue weighted by Gasteiger charge is -2.27. The summed E-state index contributed by atoms with van der Waals surface area (Å²) >= 11 is 0. The monoisotopic (exact) mass is 257 g/mol. The van der Waals surface area contributed by atoms with Crippen LogP contribution in [-0.2, 0) is 4.74 Å². The first-order valence-corrected chi connectivity index (χ1v) is 6.18. The van der Waals surface area contributed by atoms with E-state index in [0.29, 0.717) is 18.7 Å². The molecule has 0 saturated heterocycles. The lowest BCUT2D eigenvalue weighted by molar-refractivity contribution is -0.0104. The Labute approximate surface area is 107 Å². The molecule has 0 aliphatic heterocycles. The van der Waals surface area contributed by atoms with Crippen molar-refractivity contribution in [3.63, 3.8) is 0 Å². The molecule has 0 fully saturated rings. The van der Waals surface area contributed by atoms with Crippen molar-refractivity contribution in [2.24, 2.45) is 0 Å². The second-order valence-corrected chi connectivity index (χ2v) is 4.94. The van der Waals surface area contributed by atoms with Gasteiger partial charge in [-0.3, -0.25) is 0 Å². The molecule has 0 heterocycles. The summed E-state index contributed by atoms with van der Waals surface area (Å²) in [4.78, 5) is 0. The van der Waals surface area contributed by atoms with Crippen LogP contribution in [0.2, 0.25) is 0 Å². The van der Waals surface area contributed by atoms with Crippen molar-refractivity contribution < 1.29 is 13.5 Å². The average molecular weight is 257 g/mol. The van der Waals surface area contributed by atoms with Crippen LogP contribution in [-0.4, -0.2) is 18.8 Å². The van der Waals surface area contributed by atoms with Crippen molar-refractivity contribution in [3.05, 3.63) is 35.4 Å². The van der Waals surface area contributed by atoms with Gasteiger partial charge in [-0.25, -0.2) is 8.78 Å². The Morgan fingerprint density at radius 2 is 2.00 bits per heavy atom. The van der Waals surface area contributed by atoms with Gasteiger partial charge in [0.1, 0.15) is 0 Å². The summed E-state index contributed by atoms with van der Waals surface area (Å²) < 4.78 is 32.2. The van der Waals surface area contributed by atoms with E-state index in [1.165, 1.54) is 6.07 Å². The van der Waals surface area contributed by atoms with Crippen molar-refractivity contribution in [3.8, 4) is 0 Å². The largest absolute Gasteiger partial charge is 0.375 e. The van der Waals surface area contributed by atoms with E-state index in [2.05, 4.69) is 5.32 Å². The molecule has 18 heavy (non-hydrogen) atoms. The molecular formula is C14H21F2NO. The van der Waals surface area contributed by atoms with E-state index in [-0.39, 0.29) is 11.6 Å². The molecule has 4 heteroatoms. The van der Waals surface area contributed by atoms with Crippen LogP contribution >= 0.6 is 0 Å². The van der Waals surface area contributed by atoms with Crippen LogP contribution in [0.4, 0.5) is 8.78 Å². The number of ether oxygens (including phenoxy) is 1. The molecule has 0 saturated carbocycles. The van der Waals surface area contributed by atoms with Gasteiger partial charge in [0, 0.05) is 24.8 Å². The van der Waals surface area contributed by atoms with Gasteiger partial charge in [0.05, 0.1) is 5.60 Å². The first kappa shape index (κ1) is 15.1. The Kier molecular flexibility index (Phi) is 5.23. The lowest BCUT2D eigenvalue weighted by atomic mass is 10.1. The molecule has 2 nitrogen and oxygen atoms in total. The molecule has 0 bridgehead atoms. The Morgan fingerprint density at radius 3 is 2.61 bits per heavy atom. The third-order valence-corrected chi connectivity index (χ3v) is 2.82. The molecule has 1 rings (SSSR count). The van der Waals surface area contributed by atoms with Crippen LogP contribution < -0.4 is 5.32 Å². The highest BCUT2D eigenvalue weighted by atomic mass is 19.2. The molecule has 0 aliphatic carbocycles. The number of benzene rings is 1. The lowest BCUT2D eigenvalue weighted by Crippen LogP contribution is -2.39. The zero-order chi connectivity index (χ0) is 13.8. The minimum absolute atomic E-state index is 0.263. The smallest absolute Gasteiger partial charge is 0.163 e. The fourth-order valence-electron chi connectivity index (χ4n) is 1.81. The van der Waals surface area contributed by atoms with Gasteiger partial charge in [-0.05, 0) is 33.8 Å². The fraction of sp³-hybridized carbons (Fsp3) is 0.571. The Balaban J connectivity index is 2.66. The van der Waals surface area contributed by atoms with E-state index in [1.807, 2.05) is 20.8 Å². The second-order valence-electron chi connectivity index (χ2n) is 4.94. The highest BCUT2D eigenvalue weighted by molar-refractivity contribution is 5.22. The van der Waals surface area contributed by atoms with E-state index in [9.17, 15) is 8.78 Å². The van der Waals surface area contributed by atoms with Crippen molar-refractivity contribution >= 4 is 0 Å². The molecular weight excluding hydrogens is 236 g/mol. The summed E-state index contributed by atoms with van der Waals surface area (Å²) in [5.41, 5.74) is 0.00889. The van der Waals surface area contributed by atoms with Crippen LogP contribution in [0.5, 0.6) is 0 Å². The number of hydrogen-bond acceptors (Lipinski definition) is 2. The molecule has 0 radical (unpaired) electrons. The Hall–Kier alpha value is -1.00. The van der Waals surface area contributed by atoms with Gasteiger partial charge in [-0.1, -0.05) is 12.1 Å². The quantitative estimate of drug-likeness (QED) is 0.843. The van der Waals surface area contributed by atoms with Crippen LogP contribution in [0.25, 0.3) is 0 Å². The van der Waals surface area contributed by atoms with Gasteiger partial charge in [0.2, 0.25) is 0 Å². The van der Waals surface area contributed by atoms with Crippen LogP contribution in [0.1, 0.15) is 39.3 Å². The first-order chi connectivity index (χ1) is 8.37. The summed E-state index contributed by atoms with van der Waals surface area (Å²) in [6.07, 6.45) is 0. The van der Waals surface area contributed by atoms with Crippen molar-refractivity contribution in [1.82, 2.24) is 5.32 Å². The van der Waals surface area contributed by atoms with Gasteiger partial charge in [-0.2, -0.15) is 0 Å². The van der Waals surface area contributed by atoms with Crippen molar-refractivity contribution in [1.29, 1.82) is 0 Å². The van der Waals surface area contributed by atoms with E-state index in [4.69, 9.17) is 4.74 Å². The van der Waals surface area contributed by atoms with Gasteiger partial charge >= 0.3 is 0 Å². The van der Waals surface area contributed by atoms with Crippen LogP contribution in [0.3, 0.4) is 0 Å². The second kappa shape index (κ2) is 6.25. The highest BCUT2D eigenvalue weighted by Gasteiger charge is 2.20. The van der Waals surface area contributed by atoms with Gasteiger partial charge in [0.15, 0.2) is 11.6 Å². The third kappa shape index (κ3) is 4.03. The molecule has 0 aromatic heterocycles. The predicted molar refractivity (Wildman–Crippen MR) is 68.5 cm³/mol. The minimum Gasteiger partial charge on any atom is -0.375 e. The van der Waals surface area contributed by atoms with Crippen molar-refractivity contribution in [2.75, 3.05) is 13.2 Å². The standard InChI is InChI=1S/C14H21F2NO/c1-5-18-14(3,4)9-17-10(2)11-7-6-8-12(15)13(11)16/h6-8,10,17H,5,9H2,1-4H3. The summed E-state index contributed by atoms with van der Waals surface area (Å²) in [6.45, 7) is 8.84. The molecule has 0 amide bonds. The maximum absolute atomic E-state index is 13.6. The fourth-order valence-corrected chi connectivity index (χ4v) is 1.81. The summed E-state index contributed by atoms with van der Waals surface area (Å²) in [7, 11) is 0. The minimum atomic E-state index is -0.815. The van der Waals surface area contributed by atoms with Gasteiger partial charge in [-0.15, -0.1) is 0 Å². The molecule has 1 aromatic carbocycles. The normalized spacial score (nSPS) is 13.7. The van der Waals surface area contributed by atoms with E-state index >= 15 is 0 Å². The highest BCUT2D eigenvalue weighted by Crippen LogP contribution is 2.19. The zero-order valence-corrected chi connectivity index (χ0v) is 11.4. The Morgan fingerprint density at radius 1 is 1.33 bits per heavy atom. The number of rotatable bonds is 6. The van der Waals surface area contributed by atoms with Crippen molar-refractivity contribution in [2.45, 2.75) is 39.3 Å². The van der Waals surface area contributed by atoms with Gasteiger partial charge in [0.25, 0.3) is 0 Å². The SMILES string of the molecule is CCOC(C)(C)CNC(C)c1cccc(F)c1F. The number of halogens is 2. The molecule has 0 aliphatic rings. The topological polar surface area (TPSA) is 21.3 Å². The van der Waals surface area contributed by atoms with E-state index in [1.54, 1.807) is 13.0 Å². The van der Waals surface area contributed by atoms with Crippen LogP contribution in [0.15, 0.2) is 18.2 Å².